The Balaban J connectivity index is 1.71. The summed E-state index contributed by atoms with van der Waals surface area (Å²) in [4.78, 5) is 23.1. The minimum absolute atomic E-state index is 0.0150. The van der Waals surface area contributed by atoms with E-state index in [1.165, 1.54) is 12.5 Å². The van der Waals surface area contributed by atoms with Gasteiger partial charge in [-0.1, -0.05) is 19.1 Å². The lowest BCUT2D eigenvalue weighted by atomic mass is 10.1. The summed E-state index contributed by atoms with van der Waals surface area (Å²) in [6.45, 7) is 4.08. The van der Waals surface area contributed by atoms with Crippen LogP contribution in [0.5, 0.6) is 5.75 Å². The molecule has 0 bridgehead atoms. The highest BCUT2D eigenvalue weighted by atomic mass is 16.5. The molecule has 0 saturated heterocycles. The van der Waals surface area contributed by atoms with E-state index in [4.69, 9.17) is 4.74 Å². The van der Waals surface area contributed by atoms with E-state index in [2.05, 4.69) is 12.2 Å². The maximum Gasteiger partial charge on any atom is 0.224 e. The van der Waals surface area contributed by atoms with Crippen molar-refractivity contribution in [3.05, 3.63) is 59.7 Å². The average molecular weight is 325 g/mol. The molecule has 0 saturated carbocycles. The largest absolute Gasteiger partial charge is 0.494 e. The standard InChI is InChI=1S/C20H23NO3/c1-3-16-6-4-7-18(14-16)21-20(23)8-5-13-24-19-11-9-17(10-12-19)15(2)22/h4,6-7,9-12,14H,3,5,8,13H2,1-2H3,(H,21,23). The van der Waals surface area contributed by atoms with E-state index in [1.54, 1.807) is 24.3 Å². The fourth-order valence-corrected chi connectivity index (χ4v) is 2.30. The van der Waals surface area contributed by atoms with Gasteiger partial charge in [-0.2, -0.15) is 0 Å². The van der Waals surface area contributed by atoms with Gasteiger partial charge in [0.1, 0.15) is 5.75 Å². The SMILES string of the molecule is CCc1cccc(NC(=O)CCCOc2ccc(C(C)=O)cc2)c1. The van der Waals surface area contributed by atoms with Crippen molar-refractivity contribution >= 4 is 17.4 Å². The molecule has 0 unspecified atom stereocenters. The van der Waals surface area contributed by atoms with Crippen LogP contribution in [-0.4, -0.2) is 18.3 Å². The molecule has 0 heterocycles. The van der Waals surface area contributed by atoms with Crippen LogP contribution in [0.1, 0.15) is 42.6 Å². The molecule has 2 aromatic rings. The van der Waals surface area contributed by atoms with Gasteiger partial charge in [0.25, 0.3) is 0 Å². The quantitative estimate of drug-likeness (QED) is 0.583. The van der Waals surface area contributed by atoms with Gasteiger partial charge in [-0.15, -0.1) is 0 Å². The maximum absolute atomic E-state index is 11.9. The number of hydrogen-bond acceptors (Lipinski definition) is 3. The van der Waals surface area contributed by atoms with Crippen LogP contribution in [0, 0.1) is 0 Å². The number of nitrogens with one attached hydrogen (secondary N) is 1. The highest BCUT2D eigenvalue weighted by molar-refractivity contribution is 5.94. The van der Waals surface area contributed by atoms with Gasteiger partial charge >= 0.3 is 0 Å². The monoisotopic (exact) mass is 325 g/mol. The first-order valence-corrected chi connectivity index (χ1v) is 8.21. The van der Waals surface area contributed by atoms with Crippen molar-refractivity contribution in [3.8, 4) is 5.75 Å². The maximum atomic E-state index is 11.9. The smallest absolute Gasteiger partial charge is 0.224 e. The molecule has 24 heavy (non-hydrogen) atoms. The Kier molecular flexibility index (Phi) is 6.55. The van der Waals surface area contributed by atoms with Crippen molar-refractivity contribution in [1.82, 2.24) is 0 Å². The normalized spacial score (nSPS) is 10.2. The fraction of sp³-hybridized carbons (Fsp3) is 0.300. The van der Waals surface area contributed by atoms with E-state index in [0.717, 1.165) is 12.1 Å². The Labute approximate surface area is 142 Å². The third kappa shape index (κ3) is 5.54. The number of rotatable bonds is 8. The zero-order valence-corrected chi connectivity index (χ0v) is 14.2. The molecule has 0 aliphatic carbocycles. The van der Waals surface area contributed by atoms with Crippen LogP contribution in [0.15, 0.2) is 48.5 Å². The second kappa shape index (κ2) is 8.87. The van der Waals surface area contributed by atoms with E-state index in [1.807, 2.05) is 24.3 Å². The zero-order chi connectivity index (χ0) is 17.4. The number of Topliss-reactive ketones (excluding diaryl/α,β-unsaturated/α-hetero) is 1. The summed E-state index contributed by atoms with van der Waals surface area (Å²) in [5, 5.41) is 2.90. The molecule has 2 aromatic carbocycles. The topological polar surface area (TPSA) is 55.4 Å². The molecule has 4 nitrogen and oxygen atoms in total. The van der Waals surface area contributed by atoms with Crippen molar-refractivity contribution in [2.24, 2.45) is 0 Å². The van der Waals surface area contributed by atoms with Gasteiger partial charge in [0, 0.05) is 17.7 Å². The molecular formula is C20H23NO3. The molecule has 0 radical (unpaired) electrons. The number of amides is 1. The van der Waals surface area contributed by atoms with Gasteiger partial charge in [-0.25, -0.2) is 0 Å². The highest BCUT2D eigenvalue weighted by Crippen LogP contribution is 2.14. The summed E-state index contributed by atoms with van der Waals surface area (Å²) < 4.78 is 5.59. The zero-order valence-electron chi connectivity index (χ0n) is 14.2. The minimum atomic E-state index is -0.0150. The second-order valence-electron chi connectivity index (χ2n) is 5.63. The third-order valence-electron chi connectivity index (χ3n) is 3.70. The summed E-state index contributed by atoms with van der Waals surface area (Å²) in [7, 11) is 0. The van der Waals surface area contributed by atoms with Gasteiger partial charge < -0.3 is 10.1 Å². The Morgan fingerprint density at radius 2 is 1.83 bits per heavy atom. The van der Waals surface area contributed by atoms with Gasteiger partial charge in [-0.3, -0.25) is 9.59 Å². The Hall–Kier alpha value is -2.62. The average Bonchev–Trinajstić information content (AvgIpc) is 2.59. The van der Waals surface area contributed by atoms with Crippen LogP contribution in [0.3, 0.4) is 0 Å². The van der Waals surface area contributed by atoms with Gasteiger partial charge in [0.2, 0.25) is 5.91 Å². The molecule has 0 aromatic heterocycles. The van der Waals surface area contributed by atoms with Crippen LogP contribution in [0.2, 0.25) is 0 Å². The van der Waals surface area contributed by atoms with E-state index >= 15 is 0 Å². The number of ether oxygens (including phenoxy) is 1. The number of carbonyl (C=O) groups is 2. The van der Waals surface area contributed by atoms with Gasteiger partial charge in [0.15, 0.2) is 5.78 Å². The van der Waals surface area contributed by atoms with E-state index in [0.29, 0.717) is 30.8 Å². The first kappa shape index (κ1) is 17.7. The summed E-state index contributed by atoms with van der Waals surface area (Å²) >= 11 is 0. The molecule has 2 rings (SSSR count). The van der Waals surface area contributed by atoms with E-state index in [9.17, 15) is 9.59 Å². The molecule has 0 aliphatic heterocycles. The fourth-order valence-electron chi connectivity index (χ4n) is 2.30. The van der Waals surface area contributed by atoms with E-state index in [-0.39, 0.29) is 11.7 Å². The van der Waals surface area contributed by atoms with Gasteiger partial charge in [0.05, 0.1) is 6.61 Å². The molecule has 0 atom stereocenters. The predicted molar refractivity (Wildman–Crippen MR) is 95.6 cm³/mol. The lowest BCUT2D eigenvalue weighted by Crippen LogP contribution is -2.13. The van der Waals surface area contributed by atoms with Crippen molar-refractivity contribution in [1.29, 1.82) is 0 Å². The van der Waals surface area contributed by atoms with Crippen LogP contribution < -0.4 is 10.1 Å². The first-order chi connectivity index (χ1) is 11.6. The van der Waals surface area contributed by atoms with Crippen LogP contribution in [0.25, 0.3) is 0 Å². The number of ketones is 1. The Bertz CT molecular complexity index is 692. The molecule has 0 spiro atoms. The van der Waals surface area contributed by atoms with Gasteiger partial charge in [-0.05, 0) is 61.7 Å². The van der Waals surface area contributed by atoms with Crippen LogP contribution in [0.4, 0.5) is 5.69 Å². The molecule has 0 aliphatic rings. The van der Waals surface area contributed by atoms with Crippen molar-refractivity contribution < 1.29 is 14.3 Å². The molecule has 4 heteroatoms. The number of hydrogen-bond donors (Lipinski definition) is 1. The first-order valence-electron chi connectivity index (χ1n) is 8.21. The highest BCUT2D eigenvalue weighted by Gasteiger charge is 2.04. The molecule has 1 amide bonds. The molecule has 0 fully saturated rings. The summed E-state index contributed by atoms with van der Waals surface area (Å²) in [5.74, 6) is 0.722. The van der Waals surface area contributed by atoms with Crippen LogP contribution >= 0.6 is 0 Å². The number of anilines is 1. The lowest BCUT2D eigenvalue weighted by Gasteiger charge is -2.08. The predicted octanol–water partition coefficient (Wildman–Crippen LogP) is 4.25. The molecular weight excluding hydrogens is 302 g/mol. The number of benzene rings is 2. The molecule has 126 valence electrons. The Morgan fingerprint density at radius 3 is 2.50 bits per heavy atom. The minimum Gasteiger partial charge on any atom is -0.494 e. The van der Waals surface area contributed by atoms with Crippen molar-refractivity contribution in [2.75, 3.05) is 11.9 Å². The van der Waals surface area contributed by atoms with E-state index < -0.39 is 0 Å². The number of carbonyl (C=O) groups excluding carboxylic acids is 2. The number of aryl methyl sites for hydroxylation is 1. The van der Waals surface area contributed by atoms with Crippen molar-refractivity contribution in [3.63, 3.8) is 0 Å². The Morgan fingerprint density at radius 1 is 1.08 bits per heavy atom. The van der Waals surface area contributed by atoms with Crippen molar-refractivity contribution in [2.45, 2.75) is 33.1 Å². The summed E-state index contributed by atoms with van der Waals surface area (Å²) in [5.41, 5.74) is 2.70. The second-order valence-corrected chi connectivity index (χ2v) is 5.63. The summed E-state index contributed by atoms with van der Waals surface area (Å²) in [6.07, 6.45) is 1.98. The summed E-state index contributed by atoms with van der Waals surface area (Å²) in [6, 6.07) is 14.9. The molecule has 1 N–H and O–H groups in total. The lowest BCUT2D eigenvalue weighted by molar-refractivity contribution is -0.116. The van der Waals surface area contributed by atoms with Crippen LogP contribution in [-0.2, 0) is 11.2 Å². The third-order valence-corrected chi connectivity index (χ3v) is 3.70.